The molecule has 0 unspecified atom stereocenters. The summed E-state index contributed by atoms with van der Waals surface area (Å²) in [4.78, 5) is 10.7. The standard InChI is InChI=1S/C12H20N2O4S2/c1-10(15)13-7-4-8-19-9-11-5-6-12(18-11)20(16,17)14(2)3/h5-6H,4,7-9H2,1-3H3,(H,13,15). The number of thioether (sulfide) groups is 1. The third-order valence-corrected chi connectivity index (χ3v) is 5.21. The molecule has 0 saturated heterocycles. The zero-order chi connectivity index (χ0) is 15.2. The quantitative estimate of drug-likeness (QED) is 0.730. The fourth-order valence-corrected chi connectivity index (χ4v) is 3.03. The molecule has 0 spiro atoms. The lowest BCUT2D eigenvalue weighted by Gasteiger charge is -2.07. The molecule has 1 aromatic rings. The van der Waals surface area contributed by atoms with E-state index in [9.17, 15) is 13.2 Å². The number of amides is 1. The average Bonchev–Trinajstić information content (AvgIpc) is 2.82. The van der Waals surface area contributed by atoms with E-state index in [1.165, 1.54) is 27.1 Å². The number of sulfonamides is 1. The Morgan fingerprint density at radius 1 is 1.40 bits per heavy atom. The molecule has 6 nitrogen and oxygen atoms in total. The van der Waals surface area contributed by atoms with Crippen LogP contribution in [0.3, 0.4) is 0 Å². The summed E-state index contributed by atoms with van der Waals surface area (Å²) < 4.78 is 30.1. The molecule has 1 rings (SSSR count). The molecule has 0 aromatic carbocycles. The average molecular weight is 320 g/mol. The maximum absolute atomic E-state index is 11.8. The van der Waals surface area contributed by atoms with E-state index >= 15 is 0 Å². The minimum absolute atomic E-state index is 0.0282. The Balaban J connectivity index is 2.36. The summed E-state index contributed by atoms with van der Waals surface area (Å²) in [5.74, 6) is 2.09. The van der Waals surface area contributed by atoms with E-state index in [1.54, 1.807) is 17.8 Å². The van der Waals surface area contributed by atoms with Gasteiger partial charge in [-0.05, 0) is 24.3 Å². The predicted octanol–water partition coefficient (Wildman–Crippen LogP) is 1.29. The van der Waals surface area contributed by atoms with Crippen LogP contribution in [-0.4, -0.2) is 45.0 Å². The molecular weight excluding hydrogens is 300 g/mol. The summed E-state index contributed by atoms with van der Waals surface area (Å²) in [6.45, 7) is 2.14. The van der Waals surface area contributed by atoms with Crippen molar-refractivity contribution in [1.29, 1.82) is 0 Å². The molecule has 0 radical (unpaired) electrons. The van der Waals surface area contributed by atoms with Gasteiger partial charge in [0.2, 0.25) is 11.0 Å². The highest BCUT2D eigenvalue weighted by molar-refractivity contribution is 7.98. The Morgan fingerprint density at radius 3 is 2.70 bits per heavy atom. The van der Waals surface area contributed by atoms with E-state index in [1.807, 2.05) is 0 Å². The lowest BCUT2D eigenvalue weighted by molar-refractivity contribution is -0.118. The molecule has 0 aliphatic heterocycles. The van der Waals surface area contributed by atoms with Gasteiger partial charge in [-0.3, -0.25) is 4.79 Å². The number of carbonyl (C=O) groups is 1. The Labute approximate surface area is 124 Å². The van der Waals surface area contributed by atoms with Crippen LogP contribution < -0.4 is 5.32 Å². The highest BCUT2D eigenvalue weighted by Gasteiger charge is 2.21. The summed E-state index contributed by atoms with van der Waals surface area (Å²) in [5, 5.41) is 2.69. The van der Waals surface area contributed by atoms with Gasteiger partial charge in [-0.15, -0.1) is 0 Å². The van der Waals surface area contributed by atoms with Crippen LogP contribution in [-0.2, 0) is 20.6 Å². The summed E-state index contributed by atoms with van der Waals surface area (Å²) >= 11 is 1.64. The maximum Gasteiger partial charge on any atom is 0.275 e. The van der Waals surface area contributed by atoms with Gasteiger partial charge in [0.05, 0.1) is 5.75 Å². The first-order valence-electron chi connectivity index (χ1n) is 6.17. The molecule has 1 heterocycles. The van der Waals surface area contributed by atoms with Gasteiger partial charge < -0.3 is 9.73 Å². The van der Waals surface area contributed by atoms with Crippen molar-refractivity contribution in [1.82, 2.24) is 9.62 Å². The normalized spacial score (nSPS) is 11.8. The van der Waals surface area contributed by atoms with Gasteiger partial charge >= 0.3 is 0 Å². The molecule has 0 atom stereocenters. The van der Waals surface area contributed by atoms with Crippen LogP contribution in [0.4, 0.5) is 0 Å². The molecule has 0 saturated carbocycles. The summed E-state index contributed by atoms with van der Waals surface area (Å²) in [6.07, 6.45) is 0.869. The van der Waals surface area contributed by atoms with E-state index in [0.717, 1.165) is 16.5 Å². The summed E-state index contributed by atoms with van der Waals surface area (Å²) in [5.41, 5.74) is 0. The van der Waals surface area contributed by atoms with E-state index in [2.05, 4.69) is 5.32 Å². The summed E-state index contributed by atoms with van der Waals surface area (Å²) in [7, 11) is -0.562. The molecule has 0 bridgehead atoms. The van der Waals surface area contributed by atoms with Gasteiger partial charge in [0.15, 0.2) is 0 Å². The number of rotatable bonds is 8. The van der Waals surface area contributed by atoms with Crippen LogP contribution in [0.1, 0.15) is 19.1 Å². The number of furan rings is 1. The molecule has 8 heteroatoms. The monoisotopic (exact) mass is 320 g/mol. The van der Waals surface area contributed by atoms with Crippen LogP contribution in [0.25, 0.3) is 0 Å². The lowest BCUT2D eigenvalue weighted by atomic mass is 10.5. The topological polar surface area (TPSA) is 79.6 Å². The second-order valence-corrected chi connectivity index (χ2v) is 7.59. The van der Waals surface area contributed by atoms with Crippen molar-refractivity contribution >= 4 is 27.7 Å². The Bertz CT molecular complexity index is 537. The molecule has 20 heavy (non-hydrogen) atoms. The van der Waals surface area contributed by atoms with Crippen molar-refractivity contribution in [2.24, 2.45) is 0 Å². The predicted molar refractivity (Wildman–Crippen MR) is 79.0 cm³/mol. The van der Waals surface area contributed by atoms with Gasteiger partial charge in [0, 0.05) is 27.6 Å². The molecule has 1 N–H and O–H groups in total. The molecule has 0 aliphatic carbocycles. The molecular formula is C12H20N2O4S2. The largest absolute Gasteiger partial charge is 0.447 e. The van der Waals surface area contributed by atoms with Crippen molar-refractivity contribution in [3.8, 4) is 0 Å². The molecule has 114 valence electrons. The van der Waals surface area contributed by atoms with E-state index in [-0.39, 0.29) is 11.0 Å². The van der Waals surface area contributed by atoms with Gasteiger partial charge in [-0.25, -0.2) is 12.7 Å². The first-order valence-corrected chi connectivity index (χ1v) is 8.77. The zero-order valence-corrected chi connectivity index (χ0v) is 13.5. The van der Waals surface area contributed by atoms with Gasteiger partial charge in [0.1, 0.15) is 5.76 Å². The fraction of sp³-hybridized carbons (Fsp3) is 0.583. The highest BCUT2D eigenvalue weighted by Crippen LogP contribution is 2.20. The van der Waals surface area contributed by atoms with Crippen molar-refractivity contribution in [3.05, 3.63) is 17.9 Å². The Kier molecular flexibility index (Phi) is 6.57. The number of hydrogen-bond acceptors (Lipinski definition) is 5. The van der Waals surface area contributed by atoms with Gasteiger partial charge in [-0.1, -0.05) is 0 Å². The highest BCUT2D eigenvalue weighted by atomic mass is 32.2. The van der Waals surface area contributed by atoms with Crippen LogP contribution in [0.2, 0.25) is 0 Å². The second kappa shape index (κ2) is 7.70. The van der Waals surface area contributed by atoms with Crippen LogP contribution in [0.15, 0.2) is 21.6 Å². The van der Waals surface area contributed by atoms with E-state index in [0.29, 0.717) is 18.1 Å². The van der Waals surface area contributed by atoms with E-state index in [4.69, 9.17) is 4.42 Å². The molecule has 0 fully saturated rings. The third kappa shape index (κ3) is 5.18. The maximum atomic E-state index is 11.8. The lowest BCUT2D eigenvalue weighted by Crippen LogP contribution is -2.21. The van der Waals surface area contributed by atoms with Crippen LogP contribution in [0.5, 0.6) is 0 Å². The van der Waals surface area contributed by atoms with Crippen LogP contribution in [0, 0.1) is 0 Å². The van der Waals surface area contributed by atoms with Crippen molar-refractivity contribution < 1.29 is 17.6 Å². The molecule has 1 amide bonds. The number of nitrogens with zero attached hydrogens (tertiary/aromatic N) is 1. The smallest absolute Gasteiger partial charge is 0.275 e. The Hall–Kier alpha value is -0.990. The minimum atomic E-state index is -3.49. The fourth-order valence-electron chi connectivity index (χ4n) is 1.37. The molecule has 0 aliphatic rings. The zero-order valence-electron chi connectivity index (χ0n) is 11.9. The second-order valence-electron chi connectivity index (χ2n) is 4.40. The van der Waals surface area contributed by atoms with Crippen LogP contribution >= 0.6 is 11.8 Å². The first kappa shape index (κ1) is 17.1. The van der Waals surface area contributed by atoms with E-state index < -0.39 is 10.0 Å². The number of nitrogens with one attached hydrogen (secondary N) is 1. The minimum Gasteiger partial charge on any atom is -0.447 e. The molecule has 1 aromatic heterocycles. The van der Waals surface area contributed by atoms with Gasteiger partial charge in [0.25, 0.3) is 10.0 Å². The van der Waals surface area contributed by atoms with Crippen molar-refractivity contribution in [2.45, 2.75) is 24.2 Å². The first-order chi connectivity index (χ1) is 9.34. The van der Waals surface area contributed by atoms with Crippen molar-refractivity contribution in [2.75, 3.05) is 26.4 Å². The van der Waals surface area contributed by atoms with Gasteiger partial charge in [-0.2, -0.15) is 11.8 Å². The Morgan fingerprint density at radius 2 is 2.10 bits per heavy atom. The third-order valence-electron chi connectivity index (χ3n) is 2.46. The van der Waals surface area contributed by atoms with Crippen molar-refractivity contribution in [3.63, 3.8) is 0 Å². The summed E-state index contributed by atoms with van der Waals surface area (Å²) in [6, 6.07) is 3.15. The SMILES string of the molecule is CC(=O)NCCCSCc1ccc(S(=O)(=O)N(C)C)o1. The number of hydrogen-bond donors (Lipinski definition) is 1. The number of carbonyl (C=O) groups excluding carboxylic acids is 1.